The third kappa shape index (κ3) is 5.38. The Morgan fingerprint density at radius 1 is 1.09 bits per heavy atom. The summed E-state index contributed by atoms with van der Waals surface area (Å²) in [7, 11) is 4.63. The van der Waals surface area contributed by atoms with Crippen LogP contribution in [0.4, 0.5) is 0 Å². The molecule has 0 aliphatic carbocycles. The first-order valence-electron chi connectivity index (χ1n) is 9.84. The standard InChI is InChI=1S/C22H25N5O4S/c1-5-27-21(15-9-7-6-8-10-15)25-26-22(27)32-14-20(28)24-23-13-17-18(30-3)11-16(29-2)12-19(17)31-4/h6-13H,5,14H2,1-4H3,(H,24,28). The van der Waals surface area contributed by atoms with E-state index in [1.165, 1.54) is 32.2 Å². The first-order chi connectivity index (χ1) is 15.6. The van der Waals surface area contributed by atoms with Crippen molar-refractivity contribution in [3.63, 3.8) is 0 Å². The number of rotatable bonds is 10. The Morgan fingerprint density at radius 3 is 2.38 bits per heavy atom. The summed E-state index contributed by atoms with van der Waals surface area (Å²) >= 11 is 1.30. The Bertz CT molecular complexity index is 1060. The number of thioether (sulfide) groups is 1. The van der Waals surface area contributed by atoms with Gasteiger partial charge in [-0.15, -0.1) is 10.2 Å². The number of carbonyl (C=O) groups excluding carboxylic acids is 1. The minimum atomic E-state index is -0.274. The van der Waals surface area contributed by atoms with E-state index in [1.807, 2.05) is 41.8 Å². The molecular weight excluding hydrogens is 430 g/mol. The number of hydrogen-bond donors (Lipinski definition) is 1. The fraction of sp³-hybridized carbons (Fsp3) is 0.273. The third-order valence-electron chi connectivity index (χ3n) is 4.53. The van der Waals surface area contributed by atoms with Crippen LogP contribution >= 0.6 is 11.8 Å². The van der Waals surface area contributed by atoms with Crippen LogP contribution in [0.1, 0.15) is 12.5 Å². The largest absolute Gasteiger partial charge is 0.496 e. The van der Waals surface area contributed by atoms with Crippen molar-refractivity contribution in [2.24, 2.45) is 5.10 Å². The molecule has 0 bridgehead atoms. The maximum Gasteiger partial charge on any atom is 0.250 e. The van der Waals surface area contributed by atoms with E-state index in [-0.39, 0.29) is 11.7 Å². The van der Waals surface area contributed by atoms with Gasteiger partial charge in [0.05, 0.1) is 38.9 Å². The fourth-order valence-electron chi connectivity index (χ4n) is 2.97. The summed E-state index contributed by atoms with van der Waals surface area (Å²) in [5.41, 5.74) is 4.08. The monoisotopic (exact) mass is 455 g/mol. The van der Waals surface area contributed by atoms with Crippen molar-refractivity contribution in [1.29, 1.82) is 0 Å². The molecule has 0 unspecified atom stereocenters. The fourth-order valence-corrected chi connectivity index (χ4v) is 3.77. The molecule has 0 aliphatic rings. The maximum absolute atomic E-state index is 12.3. The molecule has 32 heavy (non-hydrogen) atoms. The summed E-state index contributed by atoms with van der Waals surface area (Å²) in [5.74, 6) is 2.25. The van der Waals surface area contributed by atoms with Crippen LogP contribution in [-0.4, -0.2) is 54.0 Å². The summed E-state index contributed by atoms with van der Waals surface area (Å²) in [6, 6.07) is 13.2. The zero-order valence-corrected chi connectivity index (χ0v) is 19.2. The van der Waals surface area contributed by atoms with Gasteiger partial charge in [0.1, 0.15) is 17.2 Å². The minimum absolute atomic E-state index is 0.140. The molecule has 0 atom stereocenters. The molecule has 1 aromatic heterocycles. The van der Waals surface area contributed by atoms with Crippen LogP contribution in [-0.2, 0) is 11.3 Å². The van der Waals surface area contributed by atoms with Crippen molar-refractivity contribution < 1.29 is 19.0 Å². The molecule has 168 valence electrons. The van der Waals surface area contributed by atoms with Gasteiger partial charge in [0.25, 0.3) is 5.91 Å². The molecule has 1 N–H and O–H groups in total. The molecule has 0 radical (unpaired) electrons. The van der Waals surface area contributed by atoms with Crippen molar-refractivity contribution in [1.82, 2.24) is 20.2 Å². The van der Waals surface area contributed by atoms with Gasteiger partial charge in [0.15, 0.2) is 11.0 Å². The van der Waals surface area contributed by atoms with E-state index >= 15 is 0 Å². The van der Waals surface area contributed by atoms with Crippen molar-refractivity contribution in [3.8, 4) is 28.6 Å². The van der Waals surface area contributed by atoms with Crippen LogP contribution in [0.5, 0.6) is 17.2 Å². The number of nitrogens with one attached hydrogen (secondary N) is 1. The molecule has 0 fully saturated rings. The van der Waals surface area contributed by atoms with E-state index in [9.17, 15) is 4.79 Å². The van der Waals surface area contributed by atoms with Crippen molar-refractivity contribution >= 4 is 23.9 Å². The first-order valence-corrected chi connectivity index (χ1v) is 10.8. The number of amides is 1. The van der Waals surface area contributed by atoms with Gasteiger partial charge in [-0.25, -0.2) is 5.43 Å². The quantitative estimate of drug-likeness (QED) is 0.285. The molecule has 0 saturated heterocycles. The Kier molecular flexibility index (Phi) is 8.09. The topological polar surface area (TPSA) is 99.9 Å². The number of ether oxygens (including phenoxy) is 3. The highest BCUT2D eigenvalue weighted by Gasteiger charge is 2.15. The molecule has 3 rings (SSSR count). The molecule has 0 saturated carbocycles. The van der Waals surface area contributed by atoms with Crippen molar-refractivity contribution in [3.05, 3.63) is 48.0 Å². The molecule has 0 spiro atoms. The lowest BCUT2D eigenvalue weighted by atomic mass is 10.2. The van der Waals surface area contributed by atoms with Gasteiger partial charge in [0.2, 0.25) is 0 Å². The second-order valence-corrected chi connectivity index (χ2v) is 7.39. The van der Waals surface area contributed by atoms with Gasteiger partial charge in [-0.1, -0.05) is 42.1 Å². The number of hydrazone groups is 1. The van der Waals surface area contributed by atoms with Crippen LogP contribution in [0.15, 0.2) is 52.7 Å². The second-order valence-electron chi connectivity index (χ2n) is 6.44. The number of hydrogen-bond acceptors (Lipinski definition) is 8. The molecule has 0 aliphatic heterocycles. The van der Waals surface area contributed by atoms with Gasteiger partial charge in [-0.05, 0) is 6.92 Å². The molecular formula is C22H25N5O4S. The number of methoxy groups -OCH3 is 3. The molecule has 2 aromatic carbocycles. The average Bonchev–Trinajstić information content (AvgIpc) is 3.26. The number of nitrogens with zero attached hydrogens (tertiary/aromatic N) is 4. The van der Waals surface area contributed by atoms with Crippen LogP contribution in [0, 0.1) is 0 Å². The molecule has 10 heteroatoms. The van der Waals surface area contributed by atoms with Gasteiger partial charge >= 0.3 is 0 Å². The van der Waals surface area contributed by atoms with E-state index in [0.717, 1.165) is 11.4 Å². The molecule has 3 aromatic rings. The van der Waals surface area contributed by atoms with E-state index in [2.05, 4.69) is 20.7 Å². The highest BCUT2D eigenvalue weighted by atomic mass is 32.2. The van der Waals surface area contributed by atoms with Gasteiger partial charge in [-0.3, -0.25) is 4.79 Å². The predicted octanol–water partition coefficient (Wildman–Crippen LogP) is 3.23. The summed E-state index contributed by atoms with van der Waals surface area (Å²) in [6.45, 7) is 2.70. The lowest BCUT2D eigenvalue weighted by molar-refractivity contribution is -0.118. The smallest absolute Gasteiger partial charge is 0.250 e. The van der Waals surface area contributed by atoms with Gasteiger partial charge in [0, 0.05) is 24.2 Å². The normalized spacial score (nSPS) is 10.9. The molecule has 1 amide bonds. The average molecular weight is 456 g/mol. The molecule has 1 heterocycles. The number of aromatic nitrogens is 3. The number of benzene rings is 2. The maximum atomic E-state index is 12.3. The lowest BCUT2D eigenvalue weighted by Crippen LogP contribution is -2.20. The Balaban J connectivity index is 1.64. The number of carbonyl (C=O) groups is 1. The van der Waals surface area contributed by atoms with E-state index in [0.29, 0.717) is 34.5 Å². The summed E-state index contributed by atoms with van der Waals surface area (Å²) in [5, 5.41) is 13.2. The van der Waals surface area contributed by atoms with Gasteiger partial charge in [-0.2, -0.15) is 5.10 Å². The van der Waals surface area contributed by atoms with Gasteiger partial charge < -0.3 is 18.8 Å². The first kappa shape index (κ1) is 23.1. The van der Waals surface area contributed by atoms with Crippen LogP contribution in [0.25, 0.3) is 11.4 Å². The Labute approximate surface area is 190 Å². The highest BCUT2D eigenvalue weighted by molar-refractivity contribution is 7.99. The minimum Gasteiger partial charge on any atom is -0.496 e. The van der Waals surface area contributed by atoms with Crippen LogP contribution in [0.2, 0.25) is 0 Å². The zero-order chi connectivity index (χ0) is 22.9. The highest BCUT2D eigenvalue weighted by Crippen LogP contribution is 2.32. The van der Waals surface area contributed by atoms with Crippen LogP contribution in [0.3, 0.4) is 0 Å². The second kappa shape index (κ2) is 11.2. The van der Waals surface area contributed by atoms with Crippen LogP contribution < -0.4 is 19.6 Å². The van der Waals surface area contributed by atoms with Crippen molar-refractivity contribution in [2.75, 3.05) is 27.1 Å². The van der Waals surface area contributed by atoms with E-state index < -0.39 is 0 Å². The third-order valence-corrected chi connectivity index (χ3v) is 5.50. The summed E-state index contributed by atoms with van der Waals surface area (Å²) in [4.78, 5) is 12.3. The Hall–Kier alpha value is -3.53. The molecule has 9 nitrogen and oxygen atoms in total. The van der Waals surface area contributed by atoms with E-state index in [1.54, 1.807) is 19.2 Å². The SMILES string of the molecule is CCn1c(SCC(=O)NN=Cc2c(OC)cc(OC)cc2OC)nnc1-c1ccccc1. The lowest BCUT2D eigenvalue weighted by Gasteiger charge is -2.12. The van der Waals surface area contributed by atoms with E-state index in [4.69, 9.17) is 14.2 Å². The zero-order valence-electron chi connectivity index (χ0n) is 18.4. The summed E-state index contributed by atoms with van der Waals surface area (Å²) in [6.07, 6.45) is 1.47. The van der Waals surface area contributed by atoms with Crippen molar-refractivity contribution in [2.45, 2.75) is 18.6 Å². The predicted molar refractivity (Wildman–Crippen MR) is 124 cm³/mol. The Morgan fingerprint density at radius 2 is 1.78 bits per heavy atom. The summed E-state index contributed by atoms with van der Waals surface area (Å²) < 4.78 is 17.9.